The van der Waals surface area contributed by atoms with E-state index in [-0.39, 0.29) is 5.92 Å². The van der Waals surface area contributed by atoms with Gasteiger partial charge < -0.3 is 0 Å². The minimum atomic E-state index is 0.257. The highest BCUT2D eigenvalue weighted by molar-refractivity contribution is 5.14. The van der Waals surface area contributed by atoms with Gasteiger partial charge in [0.15, 0.2) is 0 Å². The van der Waals surface area contributed by atoms with Crippen molar-refractivity contribution in [1.82, 2.24) is 4.90 Å². The average Bonchev–Trinajstić information content (AvgIpc) is 2.31. The lowest BCUT2D eigenvalue weighted by atomic mass is 9.88. The molecule has 2 nitrogen and oxygen atoms in total. The summed E-state index contributed by atoms with van der Waals surface area (Å²) in [4.78, 5) is 2.45. The molecule has 1 saturated heterocycles. The highest BCUT2D eigenvalue weighted by Gasteiger charge is 2.25. The first-order valence-corrected chi connectivity index (χ1v) is 5.95. The zero-order chi connectivity index (χ0) is 11.4. The van der Waals surface area contributed by atoms with Crippen molar-refractivity contribution >= 4 is 0 Å². The average molecular weight is 214 g/mol. The third-order valence-electron chi connectivity index (χ3n) is 3.40. The van der Waals surface area contributed by atoms with Gasteiger partial charge in [-0.3, -0.25) is 4.90 Å². The van der Waals surface area contributed by atoms with Crippen LogP contribution in [-0.4, -0.2) is 18.0 Å². The molecule has 2 heteroatoms. The van der Waals surface area contributed by atoms with Crippen LogP contribution in [-0.2, 0) is 6.54 Å². The molecule has 0 saturated carbocycles. The number of nitrogens with zero attached hydrogens (tertiary/aromatic N) is 2. The first kappa shape index (κ1) is 11.2. The number of likely N-dealkylation sites (tertiary alicyclic amines) is 1. The second kappa shape index (κ2) is 5.14. The van der Waals surface area contributed by atoms with Gasteiger partial charge in [-0.1, -0.05) is 37.3 Å². The molecular formula is C14H18N2. The van der Waals surface area contributed by atoms with Crippen molar-refractivity contribution in [2.75, 3.05) is 13.1 Å². The zero-order valence-electron chi connectivity index (χ0n) is 9.76. The van der Waals surface area contributed by atoms with Crippen LogP contribution in [0.5, 0.6) is 0 Å². The molecule has 1 aromatic rings. The number of nitriles is 1. The van der Waals surface area contributed by atoms with Crippen LogP contribution >= 0.6 is 0 Å². The van der Waals surface area contributed by atoms with Gasteiger partial charge in [0.05, 0.1) is 12.0 Å². The van der Waals surface area contributed by atoms with Crippen LogP contribution in [0.4, 0.5) is 0 Å². The summed E-state index contributed by atoms with van der Waals surface area (Å²) in [5.74, 6) is 0.759. The van der Waals surface area contributed by atoms with Crippen molar-refractivity contribution in [3.63, 3.8) is 0 Å². The number of hydrogen-bond acceptors (Lipinski definition) is 2. The maximum absolute atomic E-state index is 8.97. The summed E-state index contributed by atoms with van der Waals surface area (Å²) >= 11 is 0. The van der Waals surface area contributed by atoms with E-state index in [9.17, 15) is 0 Å². The molecule has 1 aliphatic rings. The Bertz CT molecular complexity index is 366. The fraction of sp³-hybridized carbons (Fsp3) is 0.500. The summed E-state index contributed by atoms with van der Waals surface area (Å²) < 4.78 is 0. The van der Waals surface area contributed by atoms with Gasteiger partial charge in [-0.05, 0) is 24.4 Å². The van der Waals surface area contributed by atoms with Crippen molar-refractivity contribution in [1.29, 1.82) is 5.26 Å². The van der Waals surface area contributed by atoms with E-state index in [2.05, 4.69) is 42.2 Å². The maximum Gasteiger partial charge on any atom is 0.0659 e. The Morgan fingerprint density at radius 1 is 1.38 bits per heavy atom. The van der Waals surface area contributed by atoms with Gasteiger partial charge in [0.1, 0.15) is 0 Å². The fourth-order valence-electron chi connectivity index (χ4n) is 2.41. The third kappa shape index (κ3) is 2.62. The van der Waals surface area contributed by atoms with Crippen LogP contribution in [0, 0.1) is 23.2 Å². The van der Waals surface area contributed by atoms with Gasteiger partial charge in [-0.2, -0.15) is 5.26 Å². The first-order chi connectivity index (χ1) is 7.79. The van der Waals surface area contributed by atoms with E-state index < -0.39 is 0 Å². The fourth-order valence-corrected chi connectivity index (χ4v) is 2.41. The molecule has 0 radical (unpaired) electrons. The Morgan fingerprint density at radius 3 is 2.75 bits per heavy atom. The van der Waals surface area contributed by atoms with Crippen LogP contribution in [0.1, 0.15) is 18.9 Å². The second-order valence-electron chi connectivity index (χ2n) is 4.72. The van der Waals surface area contributed by atoms with Gasteiger partial charge in [-0.25, -0.2) is 0 Å². The smallest absolute Gasteiger partial charge is 0.0659 e. The molecule has 0 amide bonds. The van der Waals surface area contributed by atoms with Crippen LogP contribution in [0.2, 0.25) is 0 Å². The summed E-state index contributed by atoms with van der Waals surface area (Å²) in [6, 6.07) is 13.0. The molecule has 0 aromatic heterocycles. The molecule has 0 aliphatic carbocycles. The van der Waals surface area contributed by atoms with E-state index in [0.717, 1.165) is 26.1 Å². The second-order valence-corrected chi connectivity index (χ2v) is 4.72. The predicted molar refractivity (Wildman–Crippen MR) is 64.6 cm³/mol. The molecule has 84 valence electrons. The van der Waals surface area contributed by atoms with E-state index in [1.807, 2.05) is 6.07 Å². The number of hydrogen-bond donors (Lipinski definition) is 0. The molecule has 1 aliphatic heterocycles. The van der Waals surface area contributed by atoms with E-state index in [0.29, 0.717) is 5.92 Å². The third-order valence-corrected chi connectivity index (χ3v) is 3.40. The Kier molecular flexibility index (Phi) is 3.58. The molecule has 1 heterocycles. The van der Waals surface area contributed by atoms with Crippen LogP contribution < -0.4 is 0 Å². The lowest BCUT2D eigenvalue weighted by Crippen LogP contribution is -2.38. The lowest BCUT2D eigenvalue weighted by molar-refractivity contribution is 0.147. The van der Waals surface area contributed by atoms with Gasteiger partial charge >= 0.3 is 0 Å². The molecule has 0 bridgehead atoms. The van der Waals surface area contributed by atoms with Gasteiger partial charge in [0.25, 0.3) is 0 Å². The highest BCUT2D eigenvalue weighted by atomic mass is 15.1. The Hall–Kier alpha value is -1.33. The van der Waals surface area contributed by atoms with Crippen LogP contribution in [0.25, 0.3) is 0 Å². The van der Waals surface area contributed by atoms with Gasteiger partial charge in [0.2, 0.25) is 0 Å². The molecule has 2 atom stereocenters. The topological polar surface area (TPSA) is 27.0 Å². The van der Waals surface area contributed by atoms with E-state index in [4.69, 9.17) is 5.26 Å². The Labute approximate surface area is 97.5 Å². The SMILES string of the molecule is C[C@@H]1CN(Cc2ccccc2)CCC1C#N. The quantitative estimate of drug-likeness (QED) is 0.756. The molecule has 1 unspecified atom stereocenters. The van der Waals surface area contributed by atoms with E-state index in [1.54, 1.807) is 0 Å². The lowest BCUT2D eigenvalue weighted by Gasteiger charge is -2.33. The van der Waals surface area contributed by atoms with Crippen molar-refractivity contribution < 1.29 is 0 Å². The zero-order valence-corrected chi connectivity index (χ0v) is 9.76. The van der Waals surface area contributed by atoms with Crippen molar-refractivity contribution in [2.45, 2.75) is 19.9 Å². The monoisotopic (exact) mass is 214 g/mol. The van der Waals surface area contributed by atoms with E-state index in [1.165, 1.54) is 5.56 Å². The van der Waals surface area contributed by atoms with Crippen molar-refractivity contribution in [3.8, 4) is 6.07 Å². The number of benzene rings is 1. The Balaban J connectivity index is 1.92. The summed E-state index contributed by atoms with van der Waals surface area (Å²) in [6.07, 6.45) is 1.02. The highest BCUT2D eigenvalue weighted by Crippen LogP contribution is 2.23. The summed E-state index contributed by atoms with van der Waals surface area (Å²) in [7, 11) is 0. The summed E-state index contributed by atoms with van der Waals surface area (Å²) in [5.41, 5.74) is 1.37. The predicted octanol–water partition coefficient (Wildman–Crippen LogP) is 2.67. The Morgan fingerprint density at radius 2 is 2.12 bits per heavy atom. The summed E-state index contributed by atoms with van der Waals surface area (Å²) in [5, 5.41) is 8.97. The summed E-state index contributed by atoms with van der Waals surface area (Å²) in [6.45, 7) is 5.30. The number of piperidine rings is 1. The minimum absolute atomic E-state index is 0.257. The molecule has 0 spiro atoms. The van der Waals surface area contributed by atoms with Gasteiger partial charge in [-0.15, -0.1) is 0 Å². The van der Waals surface area contributed by atoms with Crippen LogP contribution in [0.15, 0.2) is 30.3 Å². The molecular weight excluding hydrogens is 196 g/mol. The van der Waals surface area contributed by atoms with Crippen molar-refractivity contribution in [2.24, 2.45) is 11.8 Å². The van der Waals surface area contributed by atoms with Gasteiger partial charge in [0, 0.05) is 13.1 Å². The van der Waals surface area contributed by atoms with Crippen LogP contribution in [0.3, 0.4) is 0 Å². The largest absolute Gasteiger partial charge is 0.299 e. The number of rotatable bonds is 2. The minimum Gasteiger partial charge on any atom is -0.299 e. The molecule has 2 rings (SSSR count). The molecule has 1 aromatic carbocycles. The standard InChI is InChI=1S/C14H18N2/c1-12-10-16(8-7-14(12)9-15)11-13-5-3-2-4-6-13/h2-6,12,14H,7-8,10-11H2,1H3/t12-,14?/m1/s1. The first-order valence-electron chi connectivity index (χ1n) is 5.95. The molecule has 0 N–H and O–H groups in total. The van der Waals surface area contributed by atoms with E-state index >= 15 is 0 Å². The normalized spacial score (nSPS) is 26.2. The maximum atomic E-state index is 8.97. The molecule has 16 heavy (non-hydrogen) atoms. The molecule has 1 fully saturated rings. The van der Waals surface area contributed by atoms with Crippen molar-refractivity contribution in [3.05, 3.63) is 35.9 Å².